The van der Waals surface area contributed by atoms with Crippen LogP contribution in [0.5, 0.6) is 0 Å². The van der Waals surface area contributed by atoms with Gasteiger partial charge in [-0.05, 0) is 50.2 Å². The topological polar surface area (TPSA) is 9.72 Å². The van der Waals surface area contributed by atoms with Gasteiger partial charge in [0.2, 0.25) is 0 Å². The van der Waals surface area contributed by atoms with Gasteiger partial charge in [0.25, 0.3) is 0 Å². The first-order chi connectivity index (χ1) is 19.1. The van der Waals surface area contributed by atoms with Gasteiger partial charge in [-0.3, -0.25) is 0 Å². The third kappa shape index (κ3) is 3.82. The molecule has 0 aliphatic carbocycles. The van der Waals surface area contributed by atoms with Crippen LogP contribution in [0.1, 0.15) is 31.0 Å². The van der Waals surface area contributed by atoms with Gasteiger partial charge in [0, 0.05) is 66.5 Å². The number of rotatable bonds is 4. The molecule has 25 heavy (non-hydrogen) atoms. The highest BCUT2D eigenvalue weighted by atomic mass is 35.5. The van der Waals surface area contributed by atoms with Crippen LogP contribution in [0.25, 0.3) is 0 Å². The van der Waals surface area contributed by atoms with E-state index < -0.39 is 80.1 Å². The normalized spacial score (nSPS) is 38.4. The van der Waals surface area contributed by atoms with Crippen LogP contribution in [0.3, 0.4) is 0 Å². The number of hydrogen-bond acceptors (Lipinski definition) is 4. The van der Waals surface area contributed by atoms with E-state index in [9.17, 15) is 0 Å². The molecule has 0 saturated carbocycles. The summed E-state index contributed by atoms with van der Waals surface area (Å²) < 4.78 is 153. The van der Waals surface area contributed by atoms with Gasteiger partial charge in [-0.15, -0.1) is 0 Å². The first-order valence-electron chi connectivity index (χ1n) is 16.1. The molecule has 0 bridgehead atoms. The van der Waals surface area contributed by atoms with Crippen molar-refractivity contribution in [2.24, 2.45) is 0 Å². The minimum Gasteiger partial charge on any atom is -0.340 e. The average Bonchev–Trinajstić information content (AvgIpc) is 2.87. The number of hydrogen-bond donors (Lipinski definition) is 0. The predicted molar refractivity (Wildman–Crippen MR) is 108 cm³/mol. The number of nitrogens with zero attached hydrogens (tertiary/aromatic N) is 3. The first-order valence-corrected chi connectivity index (χ1v) is 8.27. The van der Waals surface area contributed by atoms with Crippen molar-refractivity contribution >= 4 is 34.7 Å². The Hall–Kier alpha value is -1.20. The monoisotopic (exact) mass is 391 g/mol. The summed E-state index contributed by atoms with van der Waals surface area (Å²) in [6.45, 7) is -22.6. The lowest BCUT2D eigenvalue weighted by Gasteiger charge is -2.35. The molecule has 0 aromatic heterocycles. The number of halogens is 1. The second-order valence-corrected chi connectivity index (χ2v) is 6.41. The molecule has 0 spiro atoms. The highest BCUT2D eigenvalue weighted by Crippen LogP contribution is 2.48. The summed E-state index contributed by atoms with van der Waals surface area (Å²) in [5.41, 5.74) is -0.861. The van der Waals surface area contributed by atoms with Crippen LogP contribution < -0.4 is 4.90 Å². The summed E-state index contributed by atoms with van der Waals surface area (Å²) in [6.07, 6.45) is -4.11. The van der Waals surface area contributed by atoms with E-state index in [1.54, 1.807) is 0 Å². The lowest BCUT2D eigenvalue weighted by molar-refractivity contribution is 0.153. The minimum atomic E-state index is -4.19. The zero-order chi connectivity index (χ0) is 33.3. The molecule has 4 rings (SSSR count). The second-order valence-electron chi connectivity index (χ2n) is 4.92. The molecular weight excluding hydrogens is 350 g/mol. The molecule has 1 fully saturated rings. The van der Waals surface area contributed by atoms with E-state index in [-0.39, 0.29) is 25.4 Å². The fourth-order valence-corrected chi connectivity index (χ4v) is 3.24. The Morgan fingerprint density at radius 1 is 1.12 bits per heavy atom. The molecule has 0 unspecified atom stereocenters. The fourth-order valence-electron chi connectivity index (χ4n) is 2.12. The minimum absolute atomic E-state index is 0.0128. The third-order valence-electron chi connectivity index (χ3n) is 3.23. The van der Waals surface area contributed by atoms with Gasteiger partial charge in [-0.25, -0.2) is 0 Å². The standard InChI is InChI=1S/C20H24ClN3S/c1-22-11-13-23(14-12-22)9-4-10-24-17-5-2-3-6-19(17)25-20-8-7-16(21)15-18(20)24/h2-3,5-8,15H,4,9-14H2,1H3/i2D,3D,4D2,5D,6D,9D2,10D2,11D2,12D2,13D2,14D2. The van der Waals surface area contributed by atoms with Crippen molar-refractivity contribution < 1.29 is 24.7 Å². The molecule has 3 nitrogen and oxygen atoms in total. The fraction of sp³-hybridized carbons (Fsp3) is 0.400. The summed E-state index contributed by atoms with van der Waals surface area (Å²) in [5, 5.41) is -0.0128. The maximum Gasteiger partial charge on any atom is 0.0645 e. The molecule has 2 heterocycles. The van der Waals surface area contributed by atoms with Crippen LogP contribution in [-0.2, 0) is 0 Å². The van der Waals surface area contributed by atoms with E-state index in [0.717, 1.165) is 24.9 Å². The van der Waals surface area contributed by atoms with Gasteiger partial charge >= 0.3 is 0 Å². The molecular formula is C20H24ClN3S. The summed E-state index contributed by atoms with van der Waals surface area (Å²) >= 11 is 6.94. The lowest BCUT2D eigenvalue weighted by Crippen LogP contribution is -2.45. The second kappa shape index (κ2) is 7.58. The Balaban J connectivity index is 2.05. The van der Waals surface area contributed by atoms with Gasteiger partial charge < -0.3 is 14.7 Å². The highest BCUT2D eigenvalue weighted by Gasteiger charge is 2.23. The summed E-state index contributed by atoms with van der Waals surface area (Å²) in [5.74, 6) is 0. The van der Waals surface area contributed by atoms with Gasteiger partial charge in [-0.1, -0.05) is 35.4 Å². The van der Waals surface area contributed by atoms with E-state index in [2.05, 4.69) is 0 Å². The molecule has 0 atom stereocenters. The van der Waals surface area contributed by atoms with Crippen molar-refractivity contribution in [3.05, 3.63) is 47.4 Å². The zero-order valence-electron chi connectivity index (χ0n) is 30.9. The van der Waals surface area contributed by atoms with E-state index >= 15 is 0 Å². The van der Waals surface area contributed by atoms with Gasteiger partial charge in [0.05, 0.1) is 16.9 Å². The van der Waals surface area contributed by atoms with Crippen LogP contribution in [0.4, 0.5) is 11.4 Å². The van der Waals surface area contributed by atoms with Crippen LogP contribution in [-0.4, -0.2) is 55.8 Å². The van der Waals surface area contributed by atoms with Gasteiger partial charge in [0.1, 0.15) is 0 Å². The molecule has 0 radical (unpaired) electrons. The molecule has 2 aliphatic heterocycles. The summed E-state index contributed by atoms with van der Waals surface area (Å²) in [7, 11) is 0.729. The molecule has 132 valence electrons. The van der Waals surface area contributed by atoms with Gasteiger partial charge in [0.15, 0.2) is 0 Å². The van der Waals surface area contributed by atoms with Crippen molar-refractivity contribution in [3.63, 3.8) is 0 Å². The molecule has 1 saturated heterocycles. The number of para-hydroxylation sites is 1. The predicted octanol–water partition coefficient (Wildman–Crippen LogP) is 4.58. The van der Waals surface area contributed by atoms with Crippen LogP contribution in [0.15, 0.2) is 52.2 Å². The van der Waals surface area contributed by atoms with E-state index in [1.807, 2.05) is 0 Å². The Labute approximate surface area is 184 Å². The summed E-state index contributed by atoms with van der Waals surface area (Å²) in [6, 6.07) is 0.933. The van der Waals surface area contributed by atoms with Crippen molar-refractivity contribution in [1.82, 2.24) is 9.80 Å². The lowest BCUT2D eigenvalue weighted by atomic mass is 10.2. The molecule has 2 aromatic carbocycles. The summed E-state index contributed by atoms with van der Waals surface area (Å²) in [4.78, 5) is -0.230. The smallest absolute Gasteiger partial charge is 0.0645 e. The SMILES string of the molecule is [2H]c1c([2H])c([2H])c2c(c1[2H])Sc1ccc(Cl)cc1N2C([2H])([2H])C([2H])([2H])C([2H])([2H])N1C([2H])([2H])C([2H])([2H])N(C)C([2H])([2H])C1([2H])[2H]. The number of likely N-dealkylation sites (N-methyl/N-ethyl adjacent to an activating group) is 1. The van der Waals surface area contributed by atoms with Crippen LogP contribution >= 0.6 is 23.4 Å². The van der Waals surface area contributed by atoms with E-state index in [1.165, 1.54) is 12.1 Å². The molecule has 0 amide bonds. The third-order valence-corrected chi connectivity index (χ3v) is 4.53. The number of anilines is 2. The van der Waals surface area contributed by atoms with Crippen LogP contribution in [0.2, 0.25) is 5.02 Å². The largest absolute Gasteiger partial charge is 0.340 e. The van der Waals surface area contributed by atoms with E-state index in [4.69, 9.17) is 36.3 Å². The first kappa shape index (κ1) is 6.16. The van der Waals surface area contributed by atoms with Crippen LogP contribution in [0, 0.1) is 0 Å². The maximum atomic E-state index is 9.02. The molecule has 5 heteroatoms. The Kier molecular flexibility index (Phi) is 1.87. The van der Waals surface area contributed by atoms with Crippen molar-refractivity contribution in [2.45, 2.75) is 16.2 Å². The van der Waals surface area contributed by atoms with Crippen molar-refractivity contribution in [3.8, 4) is 0 Å². The molecule has 0 N–H and O–H groups in total. The van der Waals surface area contributed by atoms with Gasteiger partial charge in [-0.2, -0.15) is 0 Å². The highest BCUT2D eigenvalue weighted by molar-refractivity contribution is 7.99. The molecule has 2 aliphatic rings. The zero-order valence-corrected chi connectivity index (χ0v) is 14.4. The average molecular weight is 392 g/mol. The maximum absolute atomic E-state index is 9.02. The number of piperazine rings is 1. The van der Waals surface area contributed by atoms with Crippen molar-refractivity contribution in [1.29, 1.82) is 0 Å². The number of fused-ring (bicyclic) bond motifs is 2. The molecule has 2 aromatic rings. The Bertz CT molecular complexity index is 1470. The Morgan fingerprint density at radius 2 is 1.92 bits per heavy atom. The Morgan fingerprint density at radius 3 is 2.76 bits per heavy atom. The van der Waals surface area contributed by atoms with E-state index in [0.29, 0.717) is 4.90 Å². The quantitative estimate of drug-likeness (QED) is 0.754. The van der Waals surface area contributed by atoms with Crippen molar-refractivity contribution in [2.75, 3.05) is 50.9 Å². The number of benzene rings is 2.